The molecule has 100 valence electrons. The number of halogens is 1. The monoisotopic (exact) mass is 265 g/mol. The summed E-state index contributed by atoms with van der Waals surface area (Å²) < 4.78 is 18.4. The van der Waals surface area contributed by atoms with Crippen LogP contribution < -0.4 is 10.6 Å². The van der Waals surface area contributed by atoms with Gasteiger partial charge in [0.1, 0.15) is 5.82 Å². The number of hydrogen-bond donors (Lipinski definition) is 2. The molecule has 6 nitrogen and oxygen atoms in total. The molecule has 1 aromatic heterocycles. The Morgan fingerprint density at radius 1 is 1.53 bits per heavy atom. The van der Waals surface area contributed by atoms with Gasteiger partial charge in [-0.05, 0) is 13.0 Å². The second-order valence-corrected chi connectivity index (χ2v) is 3.96. The van der Waals surface area contributed by atoms with Gasteiger partial charge in [-0.3, -0.25) is 4.98 Å². The average molecular weight is 265 g/mol. The second kappa shape index (κ2) is 5.05. The minimum atomic E-state index is -0.899. The first-order valence-electron chi connectivity index (χ1n) is 5.50. The summed E-state index contributed by atoms with van der Waals surface area (Å²) in [4.78, 5) is 26.9. The molecular formula is C12H12FN3O3. The first kappa shape index (κ1) is 13.0. The molecule has 2 heterocycles. The third-order valence-electron chi connectivity index (χ3n) is 2.79. The van der Waals surface area contributed by atoms with Crippen molar-refractivity contribution >= 4 is 12.0 Å². The molecule has 1 aliphatic heterocycles. The predicted molar refractivity (Wildman–Crippen MR) is 63.3 cm³/mol. The van der Waals surface area contributed by atoms with Crippen molar-refractivity contribution in [2.45, 2.75) is 13.0 Å². The lowest BCUT2D eigenvalue weighted by Gasteiger charge is -2.27. The van der Waals surface area contributed by atoms with Gasteiger partial charge in [-0.2, -0.15) is 0 Å². The Morgan fingerprint density at radius 2 is 2.26 bits per heavy atom. The van der Waals surface area contributed by atoms with E-state index in [4.69, 9.17) is 0 Å². The van der Waals surface area contributed by atoms with E-state index >= 15 is 0 Å². The largest absolute Gasteiger partial charge is 0.466 e. The van der Waals surface area contributed by atoms with Crippen LogP contribution in [0.25, 0.3) is 0 Å². The summed E-state index contributed by atoms with van der Waals surface area (Å²) in [7, 11) is 1.22. The van der Waals surface area contributed by atoms with E-state index in [1.807, 2.05) is 0 Å². The Kier molecular flexibility index (Phi) is 3.46. The maximum absolute atomic E-state index is 13.8. The number of methoxy groups -OCH3 is 1. The number of aromatic nitrogens is 1. The molecule has 1 aliphatic rings. The highest BCUT2D eigenvalue weighted by Crippen LogP contribution is 2.28. The Bertz CT molecular complexity index is 571. The number of hydrogen-bond acceptors (Lipinski definition) is 4. The highest BCUT2D eigenvalue weighted by molar-refractivity contribution is 5.94. The van der Waals surface area contributed by atoms with Crippen molar-refractivity contribution in [3.8, 4) is 0 Å². The van der Waals surface area contributed by atoms with E-state index in [9.17, 15) is 14.0 Å². The molecule has 2 amide bonds. The average Bonchev–Trinajstić information content (AvgIpc) is 2.37. The van der Waals surface area contributed by atoms with Crippen molar-refractivity contribution in [3.05, 3.63) is 41.1 Å². The summed E-state index contributed by atoms with van der Waals surface area (Å²) >= 11 is 0. The lowest BCUT2D eigenvalue weighted by atomic mass is 9.96. The van der Waals surface area contributed by atoms with Crippen molar-refractivity contribution in [2.75, 3.05) is 7.11 Å². The van der Waals surface area contributed by atoms with Crippen LogP contribution in [0.4, 0.5) is 9.18 Å². The number of allylic oxidation sites excluding steroid dienone is 1. The number of urea groups is 1. The number of pyridine rings is 1. The van der Waals surface area contributed by atoms with Crippen molar-refractivity contribution in [2.24, 2.45) is 0 Å². The van der Waals surface area contributed by atoms with Gasteiger partial charge in [0, 0.05) is 17.5 Å². The number of amides is 2. The van der Waals surface area contributed by atoms with Crippen LogP contribution in [0.3, 0.4) is 0 Å². The van der Waals surface area contributed by atoms with Crippen molar-refractivity contribution in [1.82, 2.24) is 15.6 Å². The number of carbonyl (C=O) groups is 2. The van der Waals surface area contributed by atoms with E-state index in [1.165, 1.54) is 19.4 Å². The SMILES string of the molecule is COC(=O)C1=C(C)NC(=O)N[C@H]1c1ccncc1F. The first-order chi connectivity index (χ1) is 9.04. The smallest absolute Gasteiger partial charge is 0.337 e. The molecule has 1 atom stereocenters. The van der Waals surface area contributed by atoms with E-state index in [0.29, 0.717) is 5.70 Å². The Balaban J connectivity index is 2.53. The fourth-order valence-electron chi connectivity index (χ4n) is 1.93. The summed E-state index contributed by atoms with van der Waals surface area (Å²) in [6.07, 6.45) is 2.41. The Morgan fingerprint density at radius 3 is 2.89 bits per heavy atom. The van der Waals surface area contributed by atoms with Gasteiger partial charge in [0.05, 0.1) is 24.9 Å². The maximum Gasteiger partial charge on any atom is 0.337 e. The maximum atomic E-state index is 13.8. The van der Waals surface area contributed by atoms with Crippen LogP contribution >= 0.6 is 0 Å². The molecular weight excluding hydrogens is 253 g/mol. The van der Waals surface area contributed by atoms with Crippen molar-refractivity contribution < 1.29 is 18.7 Å². The number of rotatable bonds is 2. The molecule has 0 saturated carbocycles. The zero-order chi connectivity index (χ0) is 14.0. The fourth-order valence-corrected chi connectivity index (χ4v) is 1.93. The molecule has 0 unspecified atom stereocenters. The highest BCUT2D eigenvalue weighted by atomic mass is 19.1. The van der Waals surface area contributed by atoms with Gasteiger partial charge in [-0.25, -0.2) is 14.0 Å². The van der Waals surface area contributed by atoms with Crippen LogP contribution in [-0.4, -0.2) is 24.1 Å². The number of nitrogens with zero attached hydrogens (tertiary/aromatic N) is 1. The van der Waals surface area contributed by atoms with Crippen LogP contribution in [0.1, 0.15) is 18.5 Å². The van der Waals surface area contributed by atoms with Gasteiger partial charge in [0.25, 0.3) is 0 Å². The number of ether oxygens (including phenoxy) is 1. The van der Waals surface area contributed by atoms with Crippen molar-refractivity contribution in [1.29, 1.82) is 0 Å². The van der Waals surface area contributed by atoms with Gasteiger partial charge in [0.2, 0.25) is 0 Å². The van der Waals surface area contributed by atoms with Crippen molar-refractivity contribution in [3.63, 3.8) is 0 Å². The van der Waals surface area contributed by atoms with Gasteiger partial charge < -0.3 is 15.4 Å². The quantitative estimate of drug-likeness (QED) is 0.782. The fraction of sp³-hybridized carbons (Fsp3) is 0.250. The lowest BCUT2D eigenvalue weighted by molar-refractivity contribution is -0.136. The van der Waals surface area contributed by atoms with Crippen LogP contribution in [0.15, 0.2) is 29.7 Å². The molecule has 0 saturated heterocycles. The van der Waals surface area contributed by atoms with E-state index in [-0.39, 0.29) is 11.1 Å². The highest BCUT2D eigenvalue weighted by Gasteiger charge is 2.33. The van der Waals surface area contributed by atoms with Gasteiger partial charge >= 0.3 is 12.0 Å². The molecule has 7 heteroatoms. The molecule has 0 bridgehead atoms. The first-order valence-corrected chi connectivity index (χ1v) is 5.50. The summed E-state index contributed by atoms with van der Waals surface area (Å²) in [5.41, 5.74) is 0.647. The van der Waals surface area contributed by atoms with E-state index < -0.39 is 23.9 Å². The molecule has 0 spiro atoms. The van der Waals surface area contributed by atoms with Crippen LogP contribution in [0.5, 0.6) is 0 Å². The molecule has 0 aromatic carbocycles. The standard InChI is InChI=1S/C12H12FN3O3/c1-6-9(11(17)19-2)10(16-12(18)15-6)7-3-4-14-5-8(7)13/h3-5,10H,1-2H3,(H2,15,16,18)/t10-/m0/s1. The number of carbonyl (C=O) groups excluding carboxylic acids is 2. The van der Waals surface area contributed by atoms with Crippen LogP contribution in [0.2, 0.25) is 0 Å². The molecule has 0 aliphatic carbocycles. The normalized spacial score (nSPS) is 18.7. The zero-order valence-corrected chi connectivity index (χ0v) is 10.4. The Hall–Kier alpha value is -2.44. The molecule has 1 aromatic rings. The Labute approximate surface area is 108 Å². The molecule has 2 N–H and O–H groups in total. The molecule has 0 radical (unpaired) electrons. The number of esters is 1. The van der Waals surface area contributed by atoms with E-state index in [2.05, 4.69) is 20.4 Å². The zero-order valence-electron chi connectivity index (χ0n) is 10.4. The number of nitrogens with one attached hydrogen (secondary N) is 2. The second-order valence-electron chi connectivity index (χ2n) is 3.96. The van der Waals surface area contributed by atoms with Crippen LogP contribution in [-0.2, 0) is 9.53 Å². The lowest BCUT2D eigenvalue weighted by Crippen LogP contribution is -2.45. The van der Waals surface area contributed by atoms with Gasteiger partial charge in [0.15, 0.2) is 0 Å². The van der Waals surface area contributed by atoms with E-state index in [0.717, 1.165) is 6.20 Å². The summed E-state index contributed by atoms with van der Waals surface area (Å²) in [5, 5.41) is 4.95. The predicted octanol–water partition coefficient (Wildman–Crippen LogP) is 1.02. The molecule has 0 fully saturated rings. The van der Waals surface area contributed by atoms with E-state index in [1.54, 1.807) is 6.92 Å². The summed E-state index contributed by atoms with van der Waals surface area (Å²) in [6, 6.07) is -0.00230. The van der Waals surface area contributed by atoms with Gasteiger partial charge in [-0.15, -0.1) is 0 Å². The summed E-state index contributed by atoms with van der Waals surface area (Å²) in [5.74, 6) is -1.24. The minimum absolute atomic E-state index is 0.157. The van der Waals surface area contributed by atoms with Crippen LogP contribution in [0, 0.1) is 5.82 Å². The van der Waals surface area contributed by atoms with Gasteiger partial charge in [-0.1, -0.05) is 0 Å². The topological polar surface area (TPSA) is 80.3 Å². The minimum Gasteiger partial charge on any atom is -0.466 e. The molecule has 19 heavy (non-hydrogen) atoms. The molecule has 2 rings (SSSR count). The third kappa shape index (κ3) is 2.40. The summed E-state index contributed by atoms with van der Waals surface area (Å²) in [6.45, 7) is 1.55. The third-order valence-corrected chi connectivity index (χ3v) is 2.79.